The Morgan fingerprint density at radius 2 is 1.85 bits per heavy atom. The maximum Gasteiger partial charge on any atom is 0.329 e. The molecule has 1 unspecified atom stereocenters. The molecule has 1 rings (SSSR count). The Kier molecular flexibility index (Phi) is 5.37. The minimum atomic E-state index is -1.28. The van der Waals surface area contributed by atoms with Crippen LogP contribution in [0.15, 0.2) is 24.3 Å². The third-order valence-electron chi connectivity index (χ3n) is 2.99. The van der Waals surface area contributed by atoms with Gasteiger partial charge in [0.05, 0.1) is 6.61 Å². The number of ether oxygens (including phenoxy) is 1. The largest absolute Gasteiger partial charge is 0.494 e. The van der Waals surface area contributed by atoms with Gasteiger partial charge in [0.1, 0.15) is 11.3 Å². The van der Waals surface area contributed by atoms with Gasteiger partial charge >= 0.3 is 12.0 Å². The van der Waals surface area contributed by atoms with Crippen LogP contribution in [0.1, 0.15) is 27.2 Å². The number of carbonyl (C=O) groups excluding carboxylic acids is 1. The quantitative estimate of drug-likeness (QED) is 0.747. The molecule has 0 heterocycles. The predicted molar refractivity (Wildman–Crippen MR) is 76.1 cm³/mol. The molecule has 0 fully saturated rings. The van der Waals surface area contributed by atoms with E-state index in [9.17, 15) is 9.59 Å². The molecule has 0 aromatic heterocycles. The molecule has 110 valence electrons. The summed E-state index contributed by atoms with van der Waals surface area (Å²) in [6, 6.07) is 6.29. The molecular formula is C14H20N2O4. The summed E-state index contributed by atoms with van der Waals surface area (Å²) in [4.78, 5) is 22.9. The molecule has 6 heteroatoms. The molecule has 3 N–H and O–H groups in total. The molecule has 0 spiro atoms. The van der Waals surface area contributed by atoms with Crippen LogP contribution in [0.3, 0.4) is 0 Å². The fourth-order valence-corrected chi connectivity index (χ4v) is 1.51. The van der Waals surface area contributed by atoms with Gasteiger partial charge in [-0.2, -0.15) is 0 Å². The number of hydrogen-bond acceptors (Lipinski definition) is 3. The zero-order valence-corrected chi connectivity index (χ0v) is 11.9. The lowest BCUT2D eigenvalue weighted by atomic mass is 10.00. The van der Waals surface area contributed by atoms with Crippen molar-refractivity contribution >= 4 is 17.7 Å². The van der Waals surface area contributed by atoms with E-state index in [1.165, 1.54) is 6.92 Å². The minimum Gasteiger partial charge on any atom is -0.494 e. The highest BCUT2D eigenvalue weighted by molar-refractivity contribution is 5.93. The Labute approximate surface area is 118 Å². The van der Waals surface area contributed by atoms with E-state index < -0.39 is 17.5 Å². The molecule has 1 atom stereocenters. The maximum absolute atomic E-state index is 11.8. The number of nitrogens with one attached hydrogen (secondary N) is 2. The first-order valence-corrected chi connectivity index (χ1v) is 6.46. The molecule has 0 aliphatic rings. The molecule has 0 aliphatic carbocycles. The SMILES string of the molecule is CCOc1ccc(NC(=O)NC(C)(CC)C(=O)O)cc1. The topological polar surface area (TPSA) is 87.7 Å². The first kappa shape index (κ1) is 15.8. The van der Waals surface area contributed by atoms with Gasteiger partial charge < -0.3 is 20.5 Å². The second-order valence-electron chi connectivity index (χ2n) is 4.53. The fourth-order valence-electron chi connectivity index (χ4n) is 1.51. The van der Waals surface area contributed by atoms with E-state index in [-0.39, 0.29) is 0 Å². The Morgan fingerprint density at radius 1 is 1.25 bits per heavy atom. The number of anilines is 1. The van der Waals surface area contributed by atoms with Gasteiger partial charge in [-0.25, -0.2) is 9.59 Å². The van der Waals surface area contributed by atoms with E-state index in [0.717, 1.165) is 0 Å². The molecule has 0 radical (unpaired) electrons. The Balaban J connectivity index is 2.64. The maximum atomic E-state index is 11.8. The molecule has 2 amide bonds. The van der Waals surface area contributed by atoms with Crippen molar-refractivity contribution in [2.75, 3.05) is 11.9 Å². The van der Waals surface area contributed by atoms with Crippen LogP contribution in [-0.2, 0) is 4.79 Å². The summed E-state index contributed by atoms with van der Waals surface area (Å²) in [5.41, 5.74) is -0.718. The van der Waals surface area contributed by atoms with Crippen LogP contribution in [-0.4, -0.2) is 29.3 Å². The molecule has 1 aromatic rings. The highest BCUT2D eigenvalue weighted by Crippen LogP contribution is 2.16. The van der Waals surface area contributed by atoms with Gasteiger partial charge in [0.15, 0.2) is 0 Å². The van der Waals surface area contributed by atoms with Crippen molar-refractivity contribution in [3.8, 4) is 5.75 Å². The Morgan fingerprint density at radius 3 is 2.30 bits per heavy atom. The number of hydrogen-bond donors (Lipinski definition) is 3. The van der Waals surface area contributed by atoms with Crippen LogP contribution in [0.2, 0.25) is 0 Å². The van der Waals surface area contributed by atoms with Gasteiger partial charge in [-0.15, -0.1) is 0 Å². The van der Waals surface area contributed by atoms with E-state index in [1.807, 2.05) is 6.92 Å². The first-order valence-electron chi connectivity index (χ1n) is 6.46. The van der Waals surface area contributed by atoms with Crippen LogP contribution >= 0.6 is 0 Å². The van der Waals surface area contributed by atoms with Gasteiger partial charge in [0.2, 0.25) is 0 Å². The van der Waals surface area contributed by atoms with Crippen molar-refractivity contribution in [2.24, 2.45) is 0 Å². The lowest BCUT2D eigenvalue weighted by molar-refractivity contribution is -0.143. The van der Waals surface area contributed by atoms with Crippen molar-refractivity contribution < 1.29 is 19.4 Å². The first-order chi connectivity index (χ1) is 9.41. The summed E-state index contributed by atoms with van der Waals surface area (Å²) < 4.78 is 5.29. The van der Waals surface area contributed by atoms with Gasteiger partial charge in [0, 0.05) is 5.69 Å². The monoisotopic (exact) mass is 280 g/mol. The molecular weight excluding hydrogens is 260 g/mol. The lowest BCUT2D eigenvalue weighted by Crippen LogP contribution is -2.53. The van der Waals surface area contributed by atoms with Crippen LogP contribution in [0.4, 0.5) is 10.5 Å². The molecule has 0 bridgehead atoms. The predicted octanol–water partition coefficient (Wildman–Crippen LogP) is 2.46. The highest BCUT2D eigenvalue weighted by Gasteiger charge is 2.32. The van der Waals surface area contributed by atoms with E-state index in [2.05, 4.69) is 10.6 Å². The number of urea groups is 1. The molecule has 20 heavy (non-hydrogen) atoms. The number of carboxylic acids is 1. The summed E-state index contributed by atoms with van der Waals surface area (Å²) >= 11 is 0. The third-order valence-corrected chi connectivity index (χ3v) is 2.99. The molecule has 1 aromatic carbocycles. The normalized spacial score (nSPS) is 13.2. The molecule has 0 saturated heterocycles. The number of carbonyl (C=O) groups is 2. The van der Waals surface area contributed by atoms with Gasteiger partial charge in [-0.1, -0.05) is 6.92 Å². The second-order valence-corrected chi connectivity index (χ2v) is 4.53. The number of carboxylic acid groups (broad SMARTS) is 1. The summed E-state index contributed by atoms with van der Waals surface area (Å²) in [5, 5.41) is 14.1. The lowest BCUT2D eigenvalue weighted by Gasteiger charge is -2.24. The zero-order valence-electron chi connectivity index (χ0n) is 11.9. The van der Waals surface area contributed by atoms with Crippen molar-refractivity contribution in [1.29, 1.82) is 0 Å². The van der Waals surface area contributed by atoms with Crippen LogP contribution in [0, 0.1) is 0 Å². The third kappa shape index (κ3) is 4.15. The molecule has 0 saturated carbocycles. The smallest absolute Gasteiger partial charge is 0.329 e. The van der Waals surface area contributed by atoms with Crippen LogP contribution in [0.25, 0.3) is 0 Å². The standard InChI is InChI=1S/C14H20N2O4/c1-4-14(3,12(17)18)16-13(19)15-10-6-8-11(9-7-10)20-5-2/h6-9H,4-5H2,1-3H3,(H,17,18)(H2,15,16,19). The number of aliphatic carboxylic acids is 1. The van der Waals surface area contributed by atoms with Gasteiger partial charge in [-0.05, 0) is 44.5 Å². The van der Waals surface area contributed by atoms with Crippen LogP contribution < -0.4 is 15.4 Å². The summed E-state index contributed by atoms with van der Waals surface area (Å²) in [6.45, 7) is 5.62. The Bertz CT molecular complexity index is 473. The van der Waals surface area contributed by atoms with Crippen molar-refractivity contribution in [2.45, 2.75) is 32.7 Å². The second kappa shape index (κ2) is 6.79. The van der Waals surface area contributed by atoms with E-state index in [1.54, 1.807) is 31.2 Å². The molecule has 0 aliphatic heterocycles. The van der Waals surface area contributed by atoms with Gasteiger partial charge in [-0.3, -0.25) is 0 Å². The highest BCUT2D eigenvalue weighted by atomic mass is 16.5. The van der Waals surface area contributed by atoms with Crippen LogP contribution in [0.5, 0.6) is 5.75 Å². The number of rotatable bonds is 6. The fraction of sp³-hybridized carbons (Fsp3) is 0.429. The van der Waals surface area contributed by atoms with Crippen molar-refractivity contribution in [3.05, 3.63) is 24.3 Å². The summed E-state index contributed by atoms with van der Waals surface area (Å²) in [6.07, 6.45) is 0.291. The van der Waals surface area contributed by atoms with Gasteiger partial charge in [0.25, 0.3) is 0 Å². The van der Waals surface area contributed by atoms with Crippen molar-refractivity contribution in [1.82, 2.24) is 5.32 Å². The number of benzene rings is 1. The molecule has 6 nitrogen and oxygen atoms in total. The Hall–Kier alpha value is -2.24. The average molecular weight is 280 g/mol. The summed E-state index contributed by atoms with van der Waals surface area (Å²) in [5.74, 6) is -0.357. The van der Waals surface area contributed by atoms with E-state index in [0.29, 0.717) is 24.5 Å². The zero-order chi connectivity index (χ0) is 15.2. The minimum absolute atomic E-state index is 0.291. The van der Waals surface area contributed by atoms with Crippen molar-refractivity contribution in [3.63, 3.8) is 0 Å². The van der Waals surface area contributed by atoms with E-state index in [4.69, 9.17) is 9.84 Å². The van der Waals surface area contributed by atoms with E-state index >= 15 is 0 Å². The average Bonchev–Trinajstić information content (AvgIpc) is 2.40. The summed E-state index contributed by atoms with van der Waals surface area (Å²) in [7, 11) is 0. The number of amides is 2.